The first kappa shape index (κ1) is 34.4. The van der Waals surface area contributed by atoms with E-state index in [0.29, 0.717) is 23.0 Å². The van der Waals surface area contributed by atoms with Crippen molar-refractivity contribution in [2.75, 3.05) is 28.4 Å². The molecule has 276 valence electrons. The second-order valence-corrected chi connectivity index (χ2v) is 13.4. The maximum absolute atomic E-state index is 6.01. The third kappa shape index (κ3) is 5.88. The van der Waals surface area contributed by atoms with Crippen molar-refractivity contribution in [1.82, 2.24) is 19.9 Å². The number of benzene rings is 4. The van der Waals surface area contributed by atoms with Crippen LogP contribution in [0.1, 0.15) is 45.0 Å². The number of rotatable bonds is 8. The smallest absolute Gasteiger partial charge is 0.130 e. The van der Waals surface area contributed by atoms with Crippen LogP contribution in [-0.4, -0.2) is 48.4 Å². The lowest BCUT2D eigenvalue weighted by Gasteiger charge is -2.16. The lowest BCUT2D eigenvalue weighted by molar-refractivity contribution is 0.392. The molecule has 8 heteroatoms. The molecule has 0 amide bonds. The van der Waals surface area contributed by atoms with Crippen molar-refractivity contribution in [3.05, 3.63) is 212 Å². The third-order valence-electron chi connectivity index (χ3n) is 10.4. The highest BCUT2D eigenvalue weighted by Gasteiger charge is 2.24. The Kier molecular flexibility index (Phi) is 8.91. The molecule has 8 aromatic rings. The Bertz CT molecular complexity index is 2720. The quantitative estimate of drug-likeness (QED) is 0.147. The van der Waals surface area contributed by atoms with Crippen LogP contribution in [0.15, 0.2) is 146 Å². The Morgan fingerprint density at radius 1 is 0.286 bits per heavy atom. The van der Waals surface area contributed by atoms with E-state index >= 15 is 0 Å². The minimum Gasteiger partial charge on any atom is -0.496 e. The first-order chi connectivity index (χ1) is 27.6. The standard InChI is InChI=1S/C48H40N4O4/c1-53-39-17-11-18-40(54-2)47(39)45-35-25-21-31(49-35)43(29-13-7-5-8-14-29)33-23-27-37(51-33)46(48-41(55-3)19-12-20-42(48)56-4)38-28-24-34(52-38)44(30-15-9-6-10-16-30)32-22-26-36(45)50-32/h5-28,49-52H,1-4H3. The van der Waals surface area contributed by atoms with Gasteiger partial charge in [0.15, 0.2) is 0 Å². The summed E-state index contributed by atoms with van der Waals surface area (Å²) >= 11 is 0. The summed E-state index contributed by atoms with van der Waals surface area (Å²) in [6.07, 6.45) is 0. The highest BCUT2D eigenvalue weighted by Crippen LogP contribution is 2.39. The molecule has 8 bridgehead atoms. The number of H-pyrrole nitrogens is 4. The molecule has 0 fully saturated rings. The van der Waals surface area contributed by atoms with Gasteiger partial charge in [-0.05, 0) is 83.9 Å². The molecule has 0 saturated heterocycles. The van der Waals surface area contributed by atoms with Crippen molar-refractivity contribution >= 4 is 22.3 Å². The van der Waals surface area contributed by atoms with Gasteiger partial charge in [0.25, 0.3) is 0 Å². The molecule has 9 rings (SSSR count). The Labute approximate surface area is 323 Å². The molecular weight excluding hydrogens is 697 g/mol. The SMILES string of the molecule is COc1cccc(OC)c1C1=c2ccc([nH]2)=C(c2ccccc2)c2ccc([nH]2)C(c2c(OC)cccc2OC)=c2ccc([nH]2)=C(c2ccccc2)c2ccc1[nH]2. The molecular formula is C48H40N4O4. The van der Waals surface area contributed by atoms with Crippen LogP contribution in [0.5, 0.6) is 23.0 Å². The monoisotopic (exact) mass is 736 g/mol. The lowest BCUT2D eigenvalue weighted by Crippen LogP contribution is -2.19. The molecule has 0 spiro atoms. The molecule has 1 aliphatic heterocycles. The lowest BCUT2D eigenvalue weighted by atomic mass is 10.00. The Morgan fingerprint density at radius 2 is 0.589 bits per heavy atom. The van der Waals surface area contributed by atoms with Crippen molar-refractivity contribution < 1.29 is 18.9 Å². The van der Waals surface area contributed by atoms with Crippen LogP contribution in [0, 0.1) is 0 Å². The van der Waals surface area contributed by atoms with E-state index in [1.54, 1.807) is 28.4 Å². The van der Waals surface area contributed by atoms with Crippen molar-refractivity contribution in [3.63, 3.8) is 0 Å². The summed E-state index contributed by atoms with van der Waals surface area (Å²) in [5.41, 5.74) is 11.2. The first-order valence-corrected chi connectivity index (χ1v) is 18.4. The molecule has 0 atom stereocenters. The number of hydrogen-bond acceptors (Lipinski definition) is 4. The van der Waals surface area contributed by atoms with Crippen LogP contribution >= 0.6 is 0 Å². The minimum absolute atomic E-state index is 0.693. The van der Waals surface area contributed by atoms with E-state index in [4.69, 9.17) is 18.9 Å². The van der Waals surface area contributed by atoms with Crippen LogP contribution in [0.2, 0.25) is 0 Å². The molecule has 5 heterocycles. The van der Waals surface area contributed by atoms with Gasteiger partial charge < -0.3 is 38.9 Å². The average Bonchev–Trinajstić information content (AvgIpc) is 4.10. The van der Waals surface area contributed by atoms with Crippen LogP contribution < -0.4 is 40.3 Å². The van der Waals surface area contributed by atoms with E-state index in [-0.39, 0.29) is 0 Å². The van der Waals surface area contributed by atoms with E-state index in [9.17, 15) is 0 Å². The largest absolute Gasteiger partial charge is 0.496 e. The third-order valence-corrected chi connectivity index (χ3v) is 10.4. The van der Waals surface area contributed by atoms with E-state index in [2.05, 4.69) is 117 Å². The summed E-state index contributed by atoms with van der Waals surface area (Å²) in [6, 6.07) is 49.6. The van der Waals surface area contributed by atoms with Gasteiger partial charge in [-0.15, -0.1) is 0 Å². The van der Waals surface area contributed by atoms with Gasteiger partial charge in [-0.3, -0.25) is 0 Å². The summed E-state index contributed by atoms with van der Waals surface area (Å²) in [7, 11) is 6.76. The van der Waals surface area contributed by atoms with Gasteiger partial charge in [0.05, 0.1) is 39.6 Å². The van der Waals surface area contributed by atoms with E-state index in [1.807, 2.05) is 48.5 Å². The number of aromatic nitrogens is 4. The zero-order valence-electron chi connectivity index (χ0n) is 31.5. The summed E-state index contributed by atoms with van der Waals surface area (Å²) in [6.45, 7) is 0. The normalized spacial score (nSPS) is 12.5. The highest BCUT2D eigenvalue weighted by molar-refractivity contribution is 5.88. The molecule has 0 saturated carbocycles. The van der Waals surface area contributed by atoms with E-state index in [0.717, 1.165) is 88.7 Å². The van der Waals surface area contributed by atoms with Crippen LogP contribution in [0.25, 0.3) is 22.3 Å². The van der Waals surface area contributed by atoms with Gasteiger partial charge in [0.2, 0.25) is 0 Å². The fourth-order valence-corrected chi connectivity index (χ4v) is 7.89. The zero-order valence-corrected chi connectivity index (χ0v) is 31.5. The summed E-state index contributed by atoms with van der Waals surface area (Å²) in [5, 5.41) is 3.63. The first-order valence-electron chi connectivity index (χ1n) is 18.4. The highest BCUT2D eigenvalue weighted by atomic mass is 16.5. The summed E-state index contributed by atoms with van der Waals surface area (Å²) in [5.74, 6) is 2.77. The summed E-state index contributed by atoms with van der Waals surface area (Å²) in [4.78, 5) is 15.3. The van der Waals surface area contributed by atoms with Crippen molar-refractivity contribution in [1.29, 1.82) is 0 Å². The summed E-state index contributed by atoms with van der Waals surface area (Å²) < 4.78 is 24.0. The molecule has 0 radical (unpaired) electrons. The second-order valence-electron chi connectivity index (χ2n) is 13.4. The Hall–Kier alpha value is -7.32. The molecule has 1 aliphatic rings. The Morgan fingerprint density at radius 3 is 0.911 bits per heavy atom. The van der Waals surface area contributed by atoms with Crippen molar-refractivity contribution in [3.8, 4) is 23.0 Å². The fourth-order valence-electron chi connectivity index (χ4n) is 7.89. The molecule has 4 aromatic heterocycles. The number of fused-ring (bicyclic) bond motifs is 8. The molecule has 56 heavy (non-hydrogen) atoms. The zero-order chi connectivity index (χ0) is 38.2. The van der Waals surface area contributed by atoms with Crippen LogP contribution in [0.4, 0.5) is 0 Å². The minimum atomic E-state index is 0.693. The van der Waals surface area contributed by atoms with Gasteiger partial charge in [0.1, 0.15) is 23.0 Å². The van der Waals surface area contributed by atoms with Gasteiger partial charge in [-0.2, -0.15) is 0 Å². The number of aromatic amines is 4. The maximum Gasteiger partial charge on any atom is 0.130 e. The van der Waals surface area contributed by atoms with Gasteiger partial charge >= 0.3 is 0 Å². The van der Waals surface area contributed by atoms with Gasteiger partial charge in [-0.1, -0.05) is 72.8 Å². The van der Waals surface area contributed by atoms with Gasteiger partial charge in [0, 0.05) is 66.5 Å². The molecule has 0 unspecified atom stereocenters. The average molecular weight is 737 g/mol. The van der Waals surface area contributed by atoms with Crippen molar-refractivity contribution in [2.45, 2.75) is 0 Å². The Balaban J connectivity index is 1.47. The topological polar surface area (TPSA) is 100 Å². The predicted octanol–water partition coefficient (Wildman–Crippen LogP) is 6.34. The molecule has 4 N–H and O–H groups in total. The second kappa shape index (κ2) is 14.5. The number of methoxy groups -OCH3 is 4. The van der Waals surface area contributed by atoms with E-state index in [1.165, 1.54) is 0 Å². The molecule has 0 aliphatic carbocycles. The fraction of sp³-hybridized carbons (Fsp3) is 0.0833. The van der Waals surface area contributed by atoms with Crippen LogP contribution in [-0.2, 0) is 0 Å². The molecule has 4 aromatic carbocycles. The maximum atomic E-state index is 6.01. The number of hydrogen-bond donors (Lipinski definition) is 4. The molecule has 8 nitrogen and oxygen atoms in total. The van der Waals surface area contributed by atoms with Crippen molar-refractivity contribution in [2.24, 2.45) is 0 Å². The predicted molar refractivity (Wildman–Crippen MR) is 220 cm³/mol. The van der Waals surface area contributed by atoms with E-state index < -0.39 is 0 Å². The number of nitrogens with one attached hydrogen (secondary N) is 4. The number of ether oxygens (including phenoxy) is 4. The van der Waals surface area contributed by atoms with Crippen LogP contribution in [0.3, 0.4) is 0 Å². The van der Waals surface area contributed by atoms with Gasteiger partial charge in [-0.25, -0.2) is 0 Å².